The average molecular weight is 318 g/mol. The quantitative estimate of drug-likeness (QED) is 0.847. The van der Waals surface area contributed by atoms with Crippen molar-refractivity contribution < 1.29 is 4.79 Å². The van der Waals surface area contributed by atoms with Gasteiger partial charge in [-0.3, -0.25) is 4.79 Å². The van der Waals surface area contributed by atoms with Gasteiger partial charge in [0, 0.05) is 5.25 Å². The summed E-state index contributed by atoms with van der Waals surface area (Å²) in [6.07, 6.45) is 5.01. The second-order valence-corrected chi connectivity index (χ2v) is 7.21. The van der Waals surface area contributed by atoms with E-state index in [1.807, 2.05) is 6.92 Å². The van der Waals surface area contributed by atoms with Gasteiger partial charge in [-0.25, -0.2) is 0 Å². The van der Waals surface area contributed by atoms with E-state index in [-0.39, 0.29) is 11.2 Å². The monoisotopic (exact) mass is 317 g/mol. The number of nitrogens with one attached hydrogen (secondary N) is 1. The Hall–Kier alpha value is -0.380. The molecule has 1 aliphatic carbocycles. The lowest BCUT2D eigenvalue weighted by molar-refractivity contribution is -0.115. The van der Waals surface area contributed by atoms with Gasteiger partial charge in [-0.2, -0.15) is 0 Å². The number of halogens is 2. The van der Waals surface area contributed by atoms with Gasteiger partial charge in [-0.1, -0.05) is 42.1 Å². The lowest BCUT2D eigenvalue weighted by Crippen LogP contribution is -2.24. The molecule has 0 aliphatic heterocycles. The van der Waals surface area contributed by atoms with Gasteiger partial charge in [-0.05, 0) is 31.9 Å². The minimum atomic E-state index is -0.0712. The molecule has 104 valence electrons. The van der Waals surface area contributed by atoms with Crippen molar-refractivity contribution in [3.63, 3.8) is 0 Å². The van der Waals surface area contributed by atoms with Gasteiger partial charge in [0.05, 0.1) is 21.0 Å². The summed E-state index contributed by atoms with van der Waals surface area (Å²) in [7, 11) is 0. The van der Waals surface area contributed by atoms with Gasteiger partial charge in [0.25, 0.3) is 0 Å². The Morgan fingerprint density at radius 3 is 2.74 bits per heavy atom. The molecule has 2 rings (SSSR count). The second-order valence-electron chi connectivity index (χ2n) is 4.78. The van der Waals surface area contributed by atoms with Crippen LogP contribution in [0.2, 0.25) is 10.0 Å². The molecule has 1 aromatic carbocycles. The van der Waals surface area contributed by atoms with E-state index in [9.17, 15) is 4.79 Å². The van der Waals surface area contributed by atoms with E-state index in [2.05, 4.69) is 5.32 Å². The molecule has 0 saturated heterocycles. The van der Waals surface area contributed by atoms with E-state index in [0.29, 0.717) is 21.0 Å². The minimum absolute atomic E-state index is 0.0129. The number of hydrogen-bond acceptors (Lipinski definition) is 2. The molecule has 1 aromatic rings. The zero-order valence-corrected chi connectivity index (χ0v) is 13.1. The Balaban J connectivity index is 1.94. The van der Waals surface area contributed by atoms with E-state index < -0.39 is 0 Å². The lowest BCUT2D eigenvalue weighted by atomic mass is 10.3. The number of amides is 1. The summed E-state index contributed by atoms with van der Waals surface area (Å²) in [6.45, 7) is 1.94. The molecule has 1 amide bonds. The molecule has 0 bridgehead atoms. The van der Waals surface area contributed by atoms with Crippen LogP contribution in [0.25, 0.3) is 0 Å². The van der Waals surface area contributed by atoms with Crippen molar-refractivity contribution in [2.45, 2.75) is 43.1 Å². The van der Waals surface area contributed by atoms with Gasteiger partial charge in [0.2, 0.25) is 5.91 Å². The summed E-state index contributed by atoms with van der Waals surface area (Å²) in [5, 5.41) is 4.25. The normalized spacial score (nSPS) is 17.4. The molecular formula is C14H17Cl2NOS. The molecule has 0 radical (unpaired) electrons. The van der Waals surface area contributed by atoms with Crippen LogP contribution in [0.4, 0.5) is 5.69 Å². The first kappa shape index (κ1) is 15.0. The summed E-state index contributed by atoms with van der Waals surface area (Å²) in [6, 6.07) is 5.24. The van der Waals surface area contributed by atoms with Crippen molar-refractivity contribution in [2.75, 3.05) is 5.32 Å². The predicted molar refractivity (Wildman–Crippen MR) is 84.4 cm³/mol. The first-order valence-electron chi connectivity index (χ1n) is 6.48. The molecule has 5 heteroatoms. The maximum atomic E-state index is 12.1. The van der Waals surface area contributed by atoms with E-state index in [0.717, 1.165) is 0 Å². The number of thioether (sulfide) groups is 1. The Morgan fingerprint density at radius 2 is 2.05 bits per heavy atom. The standard InChI is InChI=1S/C14H17Cl2NOS/c1-9(19-10-5-2-3-6-10)14(18)17-12-8-4-7-11(15)13(12)16/h4,7-10H,2-3,5-6H2,1H3,(H,17,18). The molecular weight excluding hydrogens is 301 g/mol. The van der Waals surface area contributed by atoms with Gasteiger partial charge >= 0.3 is 0 Å². The molecule has 0 heterocycles. The van der Waals surface area contributed by atoms with Crippen LogP contribution < -0.4 is 5.32 Å². The molecule has 1 aliphatic rings. The molecule has 1 N–H and O–H groups in total. The molecule has 0 aromatic heterocycles. The third kappa shape index (κ3) is 4.04. The van der Waals surface area contributed by atoms with Crippen molar-refractivity contribution in [1.29, 1.82) is 0 Å². The molecule has 19 heavy (non-hydrogen) atoms. The predicted octanol–water partition coefficient (Wildman–Crippen LogP) is 5.00. The number of rotatable bonds is 4. The van der Waals surface area contributed by atoms with Crippen LogP contribution in [-0.2, 0) is 4.79 Å². The molecule has 1 atom stereocenters. The Bertz CT molecular complexity index is 461. The molecule has 1 fully saturated rings. The molecule has 0 spiro atoms. The van der Waals surface area contributed by atoms with Crippen LogP contribution in [0.3, 0.4) is 0 Å². The first-order valence-corrected chi connectivity index (χ1v) is 8.18. The van der Waals surface area contributed by atoms with Crippen LogP contribution in [0.1, 0.15) is 32.6 Å². The van der Waals surface area contributed by atoms with Crippen molar-refractivity contribution in [1.82, 2.24) is 0 Å². The summed E-state index contributed by atoms with van der Waals surface area (Å²) in [5.41, 5.74) is 0.582. The zero-order valence-electron chi connectivity index (χ0n) is 10.8. The average Bonchev–Trinajstić information content (AvgIpc) is 2.87. The number of carbonyl (C=O) groups is 1. The van der Waals surface area contributed by atoms with Crippen molar-refractivity contribution in [3.8, 4) is 0 Å². The van der Waals surface area contributed by atoms with E-state index >= 15 is 0 Å². The summed E-state index contributed by atoms with van der Waals surface area (Å²) in [4.78, 5) is 12.1. The largest absolute Gasteiger partial charge is 0.324 e. The van der Waals surface area contributed by atoms with Gasteiger partial charge in [0.15, 0.2) is 0 Å². The number of anilines is 1. The fourth-order valence-electron chi connectivity index (χ4n) is 2.21. The van der Waals surface area contributed by atoms with E-state index in [1.54, 1.807) is 30.0 Å². The third-order valence-corrected chi connectivity index (χ3v) is 5.57. The van der Waals surface area contributed by atoms with E-state index in [4.69, 9.17) is 23.2 Å². The SMILES string of the molecule is CC(SC1CCCC1)C(=O)Nc1cccc(Cl)c1Cl. The van der Waals surface area contributed by atoms with Crippen LogP contribution in [0.15, 0.2) is 18.2 Å². The lowest BCUT2D eigenvalue weighted by Gasteiger charge is -2.16. The summed E-state index contributed by atoms with van der Waals surface area (Å²) in [5.74, 6) is -0.0129. The third-order valence-electron chi connectivity index (χ3n) is 3.28. The number of carbonyl (C=O) groups excluding carboxylic acids is 1. The highest BCUT2D eigenvalue weighted by molar-refractivity contribution is 8.01. The second kappa shape index (κ2) is 6.87. The van der Waals surface area contributed by atoms with Crippen molar-refractivity contribution in [2.24, 2.45) is 0 Å². The van der Waals surface area contributed by atoms with E-state index in [1.165, 1.54) is 25.7 Å². The fourth-order valence-corrected chi connectivity index (χ4v) is 3.92. The van der Waals surface area contributed by atoms with Crippen LogP contribution in [0, 0.1) is 0 Å². The van der Waals surface area contributed by atoms with Gasteiger partial charge < -0.3 is 5.32 Å². The molecule has 2 nitrogen and oxygen atoms in total. The highest BCUT2D eigenvalue weighted by Crippen LogP contribution is 2.33. The summed E-state index contributed by atoms with van der Waals surface area (Å²) < 4.78 is 0. The van der Waals surface area contributed by atoms with Crippen LogP contribution in [0.5, 0.6) is 0 Å². The van der Waals surface area contributed by atoms with Gasteiger partial charge in [-0.15, -0.1) is 11.8 Å². The van der Waals surface area contributed by atoms with Gasteiger partial charge in [0.1, 0.15) is 0 Å². The molecule has 1 saturated carbocycles. The number of hydrogen-bond donors (Lipinski definition) is 1. The van der Waals surface area contributed by atoms with Crippen LogP contribution >= 0.6 is 35.0 Å². The Morgan fingerprint density at radius 1 is 1.37 bits per heavy atom. The maximum absolute atomic E-state index is 12.1. The van der Waals surface area contributed by atoms with Crippen molar-refractivity contribution >= 4 is 46.6 Å². The smallest absolute Gasteiger partial charge is 0.237 e. The Labute approximate surface area is 128 Å². The Kier molecular flexibility index (Phi) is 5.43. The summed E-state index contributed by atoms with van der Waals surface area (Å²) >= 11 is 13.7. The molecule has 1 unspecified atom stereocenters. The van der Waals surface area contributed by atoms with Crippen molar-refractivity contribution in [3.05, 3.63) is 28.2 Å². The van der Waals surface area contributed by atoms with Crippen LogP contribution in [-0.4, -0.2) is 16.4 Å². The minimum Gasteiger partial charge on any atom is -0.324 e. The highest BCUT2D eigenvalue weighted by atomic mass is 35.5. The highest BCUT2D eigenvalue weighted by Gasteiger charge is 2.22. The number of benzene rings is 1. The zero-order chi connectivity index (χ0) is 13.8. The maximum Gasteiger partial charge on any atom is 0.237 e. The first-order chi connectivity index (χ1) is 9.08. The fraction of sp³-hybridized carbons (Fsp3) is 0.500. The topological polar surface area (TPSA) is 29.1 Å².